The summed E-state index contributed by atoms with van der Waals surface area (Å²) in [4.78, 5) is 0. The van der Waals surface area contributed by atoms with Gasteiger partial charge in [0.1, 0.15) is 5.60 Å². The van der Waals surface area contributed by atoms with Crippen molar-refractivity contribution < 1.29 is 29.2 Å². The predicted molar refractivity (Wildman–Crippen MR) is 173 cm³/mol. The Labute approximate surface area is 270 Å². The van der Waals surface area contributed by atoms with E-state index in [9.17, 15) is 10.2 Å². The first-order valence-electron chi connectivity index (χ1n) is 17.4. The maximum Gasteiger partial charge on any atom is 0.194 e. The highest BCUT2D eigenvalue weighted by Crippen LogP contribution is 2.68. The second-order valence-corrected chi connectivity index (χ2v) is 17.2. The number of hydrogen-bond donors (Lipinski definition) is 2. The summed E-state index contributed by atoms with van der Waals surface area (Å²) in [5, 5.41) is 24.3. The second kappa shape index (κ2) is 10.4. The molecule has 1 aromatic rings. The highest BCUT2D eigenvalue weighted by Gasteiger charge is 2.64. The van der Waals surface area contributed by atoms with E-state index in [1.165, 1.54) is 16.7 Å². The summed E-state index contributed by atoms with van der Waals surface area (Å²) in [6, 6.07) is 8.80. The van der Waals surface area contributed by atoms with Gasteiger partial charge in [-0.2, -0.15) is 0 Å². The minimum absolute atomic E-state index is 0.00900. The predicted octanol–water partition coefficient (Wildman–Crippen LogP) is 6.98. The molecular weight excluding hydrogens is 564 g/mol. The van der Waals surface area contributed by atoms with E-state index in [4.69, 9.17) is 25.4 Å². The van der Waals surface area contributed by atoms with Crippen molar-refractivity contribution in [2.45, 2.75) is 128 Å². The lowest BCUT2D eigenvalue weighted by molar-refractivity contribution is -0.322. The van der Waals surface area contributed by atoms with E-state index in [2.05, 4.69) is 71.7 Å². The van der Waals surface area contributed by atoms with E-state index in [0.717, 1.165) is 44.1 Å². The molecule has 6 atom stereocenters. The number of benzene rings is 1. The fourth-order valence-electron chi connectivity index (χ4n) is 10.0. The topological polar surface area (TPSA) is 77.4 Å². The third kappa shape index (κ3) is 4.90. The smallest absolute Gasteiger partial charge is 0.194 e. The highest BCUT2D eigenvalue weighted by atomic mass is 16.7. The lowest BCUT2D eigenvalue weighted by Crippen LogP contribution is -2.58. The molecule has 0 radical (unpaired) electrons. The van der Waals surface area contributed by atoms with Gasteiger partial charge in [0, 0.05) is 47.0 Å². The Hall–Kier alpha value is -1.72. The number of allylic oxidation sites excluding steroid dienone is 1. The zero-order valence-corrected chi connectivity index (χ0v) is 28.3. The lowest BCUT2D eigenvalue weighted by atomic mass is 9.49. The minimum Gasteiger partial charge on any atom is -0.385 e. The van der Waals surface area contributed by atoms with Crippen LogP contribution in [0, 0.1) is 40.4 Å². The lowest BCUT2D eigenvalue weighted by Gasteiger charge is -2.58. The number of hydrogen-bond acceptors (Lipinski definition) is 6. The fourth-order valence-corrected chi connectivity index (χ4v) is 10.0. The normalized spacial score (nSPS) is 41.1. The van der Waals surface area contributed by atoms with Crippen molar-refractivity contribution in [2.75, 3.05) is 26.4 Å². The van der Waals surface area contributed by atoms with Gasteiger partial charge >= 0.3 is 0 Å². The Balaban J connectivity index is 1.27. The van der Waals surface area contributed by atoms with E-state index < -0.39 is 28.2 Å². The zero-order chi connectivity index (χ0) is 32.1. The van der Waals surface area contributed by atoms with Gasteiger partial charge in [0.15, 0.2) is 11.6 Å². The molecule has 2 aliphatic heterocycles. The number of aliphatic hydroxyl groups is 2. The van der Waals surface area contributed by atoms with Crippen molar-refractivity contribution in [3.05, 3.63) is 46.5 Å². The van der Waals surface area contributed by atoms with Gasteiger partial charge in [0.25, 0.3) is 0 Å². The second-order valence-electron chi connectivity index (χ2n) is 17.2. The first kappa shape index (κ1) is 31.9. The van der Waals surface area contributed by atoms with Crippen LogP contribution >= 0.6 is 0 Å². The van der Waals surface area contributed by atoms with Crippen LogP contribution in [0.3, 0.4) is 0 Å². The SMILES string of the molecule is C#C[C@]1(O)CC[C@H]2[C@@H]3CC[C@@]4(O)CC5(CCC4=C3[C@@H](c3ccc(C4(CC)OCC(C)(C)CO4)cc3)C[C@@]21C)OCC(C)(C)CO5. The quantitative estimate of drug-likeness (QED) is 0.281. The molecule has 0 aromatic heterocycles. The Morgan fingerprint density at radius 1 is 0.844 bits per heavy atom. The van der Waals surface area contributed by atoms with Crippen molar-refractivity contribution >= 4 is 0 Å². The van der Waals surface area contributed by atoms with Gasteiger partial charge in [0.05, 0.1) is 32.0 Å². The van der Waals surface area contributed by atoms with Gasteiger partial charge in [-0.05, 0) is 61.5 Å². The van der Waals surface area contributed by atoms with Crippen LogP contribution < -0.4 is 0 Å². The fraction of sp³-hybridized carbons (Fsp3) is 0.744. The van der Waals surface area contributed by atoms with E-state index in [0.29, 0.717) is 45.7 Å². The summed E-state index contributed by atoms with van der Waals surface area (Å²) in [5.41, 5.74) is 2.31. The Kier molecular flexibility index (Phi) is 7.35. The molecule has 6 aliphatic rings. The molecule has 246 valence electrons. The van der Waals surface area contributed by atoms with Gasteiger partial charge in [-0.25, -0.2) is 0 Å². The average molecular weight is 619 g/mol. The maximum absolute atomic E-state index is 12.5. The minimum atomic E-state index is -1.13. The third-order valence-electron chi connectivity index (χ3n) is 12.9. The van der Waals surface area contributed by atoms with E-state index in [-0.39, 0.29) is 28.6 Å². The zero-order valence-electron chi connectivity index (χ0n) is 28.3. The summed E-state index contributed by atoms with van der Waals surface area (Å²) in [7, 11) is 0. The van der Waals surface area contributed by atoms with E-state index in [1.54, 1.807) is 0 Å². The first-order chi connectivity index (χ1) is 21.1. The molecule has 0 amide bonds. The Morgan fingerprint density at radius 2 is 1.47 bits per heavy atom. The Bertz CT molecular complexity index is 1380. The van der Waals surface area contributed by atoms with Crippen LogP contribution in [0.15, 0.2) is 35.4 Å². The molecule has 2 N–H and O–H groups in total. The van der Waals surface area contributed by atoms with E-state index in [1.807, 2.05) is 0 Å². The van der Waals surface area contributed by atoms with Crippen molar-refractivity contribution in [2.24, 2.45) is 28.1 Å². The largest absolute Gasteiger partial charge is 0.385 e. The summed E-state index contributed by atoms with van der Waals surface area (Å²) >= 11 is 0. The number of fused-ring (bicyclic) bond motifs is 4. The summed E-state index contributed by atoms with van der Waals surface area (Å²) in [5.74, 6) is 2.01. The van der Waals surface area contributed by atoms with Crippen molar-refractivity contribution in [3.8, 4) is 12.3 Å². The van der Waals surface area contributed by atoms with Crippen molar-refractivity contribution in [3.63, 3.8) is 0 Å². The van der Waals surface area contributed by atoms with Crippen molar-refractivity contribution in [1.82, 2.24) is 0 Å². The van der Waals surface area contributed by atoms with Crippen molar-refractivity contribution in [1.29, 1.82) is 0 Å². The summed E-state index contributed by atoms with van der Waals surface area (Å²) in [6.45, 7) is 15.6. The molecule has 6 nitrogen and oxygen atoms in total. The number of rotatable bonds is 3. The standard InChI is InChI=1S/C39H54O6/c1-8-37(41)18-15-30-28-14-17-36(40)21-38(42-22-33(3,4)23-43-38)19-16-31(36)32(28)29(20-35(30,37)7)26-10-12-27(13-11-26)39(9-2)44-24-34(5,6)25-45-39/h1,10-13,28-30,40-41H,9,14-25H2,2-7H3/t28-,29+,30-,35-,36+,37-/m0/s1. The van der Waals surface area contributed by atoms with Crippen LogP contribution in [0.4, 0.5) is 0 Å². The Morgan fingerprint density at radius 3 is 2.07 bits per heavy atom. The summed E-state index contributed by atoms with van der Waals surface area (Å²) in [6.07, 6.45) is 12.7. The molecule has 7 rings (SSSR count). The maximum atomic E-state index is 12.5. The highest BCUT2D eigenvalue weighted by molar-refractivity contribution is 5.45. The molecule has 1 spiro atoms. The molecule has 6 heteroatoms. The first-order valence-corrected chi connectivity index (χ1v) is 17.4. The molecule has 45 heavy (non-hydrogen) atoms. The van der Waals surface area contributed by atoms with Crippen LogP contribution in [0.5, 0.6) is 0 Å². The van der Waals surface area contributed by atoms with Gasteiger partial charge in [-0.3, -0.25) is 0 Å². The van der Waals surface area contributed by atoms with Gasteiger partial charge < -0.3 is 29.2 Å². The molecule has 1 aromatic carbocycles. The summed E-state index contributed by atoms with van der Waals surface area (Å²) < 4.78 is 25.7. The molecule has 0 bridgehead atoms. The van der Waals surface area contributed by atoms with Crippen LogP contribution in [0.1, 0.15) is 116 Å². The molecule has 3 saturated carbocycles. The van der Waals surface area contributed by atoms with Gasteiger partial charge in [0.2, 0.25) is 0 Å². The molecule has 4 aliphatic carbocycles. The number of ether oxygens (including phenoxy) is 4. The number of terminal acetylenes is 1. The third-order valence-corrected chi connectivity index (χ3v) is 12.9. The van der Waals surface area contributed by atoms with Crippen LogP contribution in [-0.2, 0) is 24.7 Å². The average Bonchev–Trinajstić information content (AvgIpc) is 3.29. The van der Waals surface area contributed by atoms with Crippen LogP contribution in [0.25, 0.3) is 0 Å². The van der Waals surface area contributed by atoms with Crippen LogP contribution in [-0.4, -0.2) is 53.6 Å². The van der Waals surface area contributed by atoms with Crippen LogP contribution in [0.2, 0.25) is 0 Å². The molecule has 5 fully saturated rings. The van der Waals surface area contributed by atoms with Gasteiger partial charge in [-0.1, -0.05) is 77.3 Å². The molecule has 2 heterocycles. The molecule has 2 saturated heterocycles. The van der Waals surface area contributed by atoms with E-state index >= 15 is 0 Å². The molecule has 0 unspecified atom stereocenters. The molecular formula is C39H54O6. The van der Waals surface area contributed by atoms with Gasteiger partial charge in [-0.15, -0.1) is 6.42 Å². The monoisotopic (exact) mass is 618 g/mol.